The second-order valence-electron chi connectivity index (χ2n) is 4.82. The molecule has 2 rings (SSSR count). The van der Waals surface area contributed by atoms with Gasteiger partial charge in [0.1, 0.15) is 5.75 Å². The van der Waals surface area contributed by atoms with Crippen molar-refractivity contribution in [1.29, 1.82) is 0 Å². The van der Waals surface area contributed by atoms with Crippen LogP contribution in [-0.2, 0) is 4.74 Å². The molecule has 0 radical (unpaired) electrons. The van der Waals surface area contributed by atoms with Crippen LogP contribution in [-0.4, -0.2) is 26.8 Å². The van der Waals surface area contributed by atoms with Crippen molar-refractivity contribution >= 4 is 0 Å². The average Bonchev–Trinajstić information content (AvgIpc) is 2.88. The lowest BCUT2D eigenvalue weighted by Crippen LogP contribution is -2.25. The lowest BCUT2D eigenvalue weighted by molar-refractivity contribution is 0.0905. The molecule has 3 heteroatoms. The molecule has 2 atom stereocenters. The molecule has 0 amide bonds. The highest BCUT2D eigenvalue weighted by Gasteiger charge is 2.29. The van der Waals surface area contributed by atoms with Crippen LogP contribution in [0, 0.1) is 5.92 Å². The lowest BCUT2D eigenvalue weighted by atomic mass is 9.95. The first-order valence-corrected chi connectivity index (χ1v) is 6.81. The Balaban J connectivity index is 1.96. The third-order valence-corrected chi connectivity index (χ3v) is 3.49. The summed E-state index contributed by atoms with van der Waals surface area (Å²) in [5.41, 5.74) is 1.26. The zero-order chi connectivity index (χ0) is 12.8. The highest BCUT2D eigenvalue weighted by Crippen LogP contribution is 2.34. The van der Waals surface area contributed by atoms with E-state index in [-0.39, 0.29) is 6.10 Å². The molecule has 1 heterocycles. The van der Waals surface area contributed by atoms with E-state index in [1.807, 2.05) is 12.1 Å². The van der Waals surface area contributed by atoms with Crippen molar-refractivity contribution in [3.8, 4) is 5.75 Å². The van der Waals surface area contributed by atoms with Gasteiger partial charge in [0.15, 0.2) is 0 Å². The van der Waals surface area contributed by atoms with E-state index in [0.29, 0.717) is 5.92 Å². The minimum atomic E-state index is 0.236. The van der Waals surface area contributed by atoms with Crippen molar-refractivity contribution in [2.45, 2.75) is 25.9 Å². The summed E-state index contributed by atoms with van der Waals surface area (Å²) >= 11 is 0. The molecule has 0 saturated carbocycles. The van der Waals surface area contributed by atoms with Gasteiger partial charge < -0.3 is 14.8 Å². The van der Waals surface area contributed by atoms with Gasteiger partial charge in [0.2, 0.25) is 0 Å². The largest absolute Gasteiger partial charge is 0.497 e. The zero-order valence-electron chi connectivity index (χ0n) is 11.3. The predicted molar refractivity (Wildman–Crippen MR) is 73.0 cm³/mol. The summed E-state index contributed by atoms with van der Waals surface area (Å²) in [7, 11) is 1.69. The Bertz CT molecular complexity index is 350. The van der Waals surface area contributed by atoms with Gasteiger partial charge in [-0.05, 0) is 37.1 Å². The molecule has 0 aliphatic carbocycles. The van der Waals surface area contributed by atoms with Crippen LogP contribution in [0.1, 0.15) is 31.4 Å². The Morgan fingerprint density at radius 1 is 1.33 bits per heavy atom. The van der Waals surface area contributed by atoms with Crippen LogP contribution in [0.2, 0.25) is 0 Å². The summed E-state index contributed by atoms with van der Waals surface area (Å²) in [6.07, 6.45) is 2.56. The van der Waals surface area contributed by atoms with Gasteiger partial charge in [0, 0.05) is 19.1 Å². The fourth-order valence-electron chi connectivity index (χ4n) is 2.47. The van der Waals surface area contributed by atoms with Crippen LogP contribution in [0.5, 0.6) is 5.75 Å². The maximum absolute atomic E-state index is 5.88. The fourth-order valence-corrected chi connectivity index (χ4v) is 2.47. The van der Waals surface area contributed by atoms with Crippen molar-refractivity contribution in [3.63, 3.8) is 0 Å². The van der Waals surface area contributed by atoms with Gasteiger partial charge in [-0.1, -0.05) is 19.1 Å². The molecule has 0 aromatic heterocycles. The van der Waals surface area contributed by atoms with Crippen LogP contribution in [0.25, 0.3) is 0 Å². The smallest absolute Gasteiger partial charge is 0.118 e. The molecular formula is C15H23NO2. The summed E-state index contributed by atoms with van der Waals surface area (Å²) < 4.78 is 11.1. The second kappa shape index (κ2) is 6.76. The first kappa shape index (κ1) is 13.4. The van der Waals surface area contributed by atoms with E-state index in [1.165, 1.54) is 12.0 Å². The van der Waals surface area contributed by atoms with Crippen LogP contribution >= 0.6 is 0 Å². The van der Waals surface area contributed by atoms with E-state index in [0.717, 1.165) is 31.9 Å². The van der Waals surface area contributed by atoms with E-state index in [4.69, 9.17) is 9.47 Å². The monoisotopic (exact) mass is 249 g/mol. The molecule has 1 N–H and O–H groups in total. The zero-order valence-corrected chi connectivity index (χ0v) is 11.3. The summed E-state index contributed by atoms with van der Waals surface area (Å²) in [5, 5.41) is 3.49. The number of nitrogens with one attached hydrogen (secondary N) is 1. The third kappa shape index (κ3) is 3.24. The number of benzene rings is 1. The van der Waals surface area contributed by atoms with Crippen molar-refractivity contribution in [1.82, 2.24) is 5.32 Å². The van der Waals surface area contributed by atoms with Gasteiger partial charge in [-0.3, -0.25) is 0 Å². The maximum Gasteiger partial charge on any atom is 0.118 e. The molecule has 1 fully saturated rings. The predicted octanol–water partition coefficient (Wildman–Crippen LogP) is 2.77. The van der Waals surface area contributed by atoms with E-state index in [2.05, 4.69) is 24.4 Å². The van der Waals surface area contributed by atoms with Crippen LogP contribution in [0.3, 0.4) is 0 Å². The van der Waals surface area contributed by atoms with Crippen molar-refractivity contribution in [2.24, 2.45) is 5.92 Å². The van der Waals surface area contributed by atoms with Crippen LogP contribution < -0.4 is 10.1 Å². The highest BCUT2D eigenvalue weighted by molar-refractivity contribution is 5.29. The molecule has 1 saturated heterocycles. The standard InChI is InChI=1S/C15H23NO2/c1-3-9-16-11-13-8-10-18-15(13)12-4-6-14(17-2)7-5-12/h4-7,13,15-16H,3,8-11H2,1-2H3. The molecule has 1 aromatic rings. The Hall–Kier alpha value is -1.06. The van der Waals surface area contributed by atoms with Gasteiger partial charge in [-0.15, -0.1) is 0 Å². The third-order valence-electron chi connectivity index (χ3n) is 3.49. The molecule has 18 heavy (non-hydrogen) atoms. The molecule has 1 aliphatic heterocycles. The minimum absolute atomic E-state index is 0.236. The number of ether oxygens (including phenoxy) is 2. The highest BCUT2D eigenvalue weighted by atomic mass is 16.5. The maximum atomic E-state index is 5.88. The molecular weight excluding hydrogens is 226 g/mol. The molecule has 2 unspecified atom stereocenters. The molecule has 1 aromatic carbocycles. The van der Waals surface area contributed by atoms with Crippen LogP contribution in [0.15, 0.2) is 24.3 Å². The Labute approximate surface area is 109 Å². The number of rotatable bonds is 6. The summed E-state index contributed by atoms with van der Waals surface area (Å²) in [6.45, 7) is 5.20. The quantitative estimate of drug-likeness (QED) is 0.786. The number of hydrogen-bond acceptors (Lipinski definition) is 3. The minimum Gasteiger partial charge on any atom is -0.497 e. The molecule has 100 valence electrons. The van der Waals surface area contributed by atoms with Gasteiger partial charge >= 0.3 is 0 Å². The van der Waals surface area contributed by atoms with Crippen LogP contribution in [0.4, 0.5) is 0 Å². The van der Waals surface area contributed by atoms with Gasteiger partial charge in [0.05, 0.1) is 13.2 Å². The Morgan fingerprint density at radius 3 is 2.78 bits per heavy atom. The van der Waals surface area contributed by atoms with E-state index in [1.54, 1.807) is 7.11 Å². The van der Waals surface area contributed by atoms with Crippen molar-refractivity contribution in [2.75, 3.05) is 26.8 Å². The fraction of sp³-hybridized carbons (Fsp3) is 0.600. The number of hydrogen-bond donors (Lipinski definition) is 1. The summed E-state index contributed by atoms with van der Waals surface area (Å²) in [5.74, 6) is 1.49. The van der Waals surface area contributed by atoms with Crippen molar-refractivity contribution < 1.29 is 9.47 Å². The average molecular weight is 249 g/mol. The molecule has 0 spiro atoms. The topological polar surface area (TPSA) is 30.5 Å². The Kier molecular flexibility index (Phi) is 5.02. The van der Waals surface area contributed by atoms with E-state index >= 15 is 0 Å². The second-order valence-corrected chi connectivity index (χ2v) is 4.82. The summed E-state index contributed by atoms with van der Waals surface area (Å²) in [6, 6.07) is 8.24. The molecule has 0 bridgehead atoms. The first-order valence-electron chi connectivity index (χ1n) is 6.81. The lowest BCUT2D eigenvalue weighted by Gasteiger charge is -2.19. The van der Waals surface area contributed by atoms with E-state index in [9.17, 15) is 0 Å². The molecule has 1 aliphatic rings. The van der Waals surface area contributed by atoms with Crippen molar-refractivity contribution in [3.05, 3.63) is 29.8 Å². The first-order chi connectivity index (χ1) is 8.85. The molecule has 3 nitrogen and oxygen atoms in total. The Morgan fingerprint density at radius 2 is 2.11 bits per heavy atom. The summed E-state index contributed by atoms with van der Waals surface area (Å²) in [4.78, 5) is 0. The van der Waals surface area contributed by atoms with Gasteiger partial charge in [-0.25, -0.2) is 0 Å². The SMILES string of the molecule is CCCNCC1CCOC1c1ccc(OC)cc1. The normalized spacial score (nSPS) is 23.2. The van der Waals surface area contributed by atoms with Gasteiger partial charge in [-0.2, -0.15) is 0 Å². The number of methoxy groups -OCH3 is 1. The van der Waals surface area contributed by atoms with Gasteiger partial charge in [0.25, 0.3) is 0 Å². The van der Waals surface area contributed by atoms with E-state index < -0.39 is 0 Å².